The van der Waals surface area contributed by atoms with E-state index in [1.807, 2.05) is 6.07 Å². The second-order valence-corrected chi connectivity index (χ2v) is 13.3. The summed E-state index contributed by atoms with van der Waals surface area (Å²) in [6, 6.07) is 12.5. The van der Waals surface area contributed by atoms with E-state index in [2.05, 4.69) is 27.4 Å². The summed E-state index contributed by atoms with van der Waals surface area (Å²) in [4.78, 5) is 35.0. The molecule has 4 aliphatic rings. The Balaban J connectivity index is 1.24. The van der Waals surface area contributed by atoms with Crippen LogP contribution < -0.4 is 10.2 Å². The van der Waals surface area contributed by atoms with Crippen LogP contribution in [0.1, 0.15) is 75.2 Å². The first-order valence-electron chi connectivity index (χ1n) is 14.2. The number of hydrogen-bond donors (Lipinski definition) is 2. The SMILES string of the molecule is CC(C)(C)OC(=O)N(c1ncc(Nc2ccc(C34CC5CC(CC(C5)C3)C4)cc2Cl)cn1)c1ccccc1C(=O)O. The molecule has 1 amide bonds. The number of nitrogens with one attached hydrogen (secondary N) is 1. The van der Waals surface area contributed by atoms with Crippen molar-refractivity contribution in [1.82, 2.24) is 9.97 Å². The number of ether oxygens (including phenoxy) is 1. The standard InChI is InChI=1S/C32H35ClN4O4/c1-31(2,3)41-30(40)37(27-7-5-4-6-24(27)28(38)39)29-34-17-23(18-35-29)36-26-9-8-22(13-25(26)33)32-14-19-10-20(15-32)12-21(11-19)16-32/h4-9,13,17-21,36H,10-12,14-16H2,1-3H3,(H,38,39). The quantitative estimate of drug-likeness (QED) is 0.306. The number of hydrogen-bond acceptors (Lipinski definition) is 6. The van der Waals surface area contributed by atoms with Crippen LogP contribution >= 0.6 is 11.6 Å². The van der Waals surface area contributed by atoms with Crippen LogP contribution in [0, 0.1) is 17.8 Å². The molecule has 2 aromatic carbocycles. The van der Waals surface area contributed by atoms with E-state index in [-0.39, 0.29) is 22.6 Å². The van der Waals surface area contributed by atoms with Crippen molar-refractivity contribution in [3.05, 3.63) is 71.0 Å². The Morgan fingerprint density at radius 1 is 1.00 bits per heavy atom. The molecule has 1 heterocycles. The Morgan fingerprint density at radius 3 is 2.17 bits per heavy atom. The predicted molar refractivity (Wildman–Crippen MR) is 158 cm³/mol. The van der Waals surface area contributed by atoms with Crippen LogP contribution in [0.2, 0.25) is 5.02 Å². The first kappa shape index (κ1) is 27.5. The van der Waals surface area contributed by atoms with Gasteiger partial charge in [-0.2, -0.15) is 0 Å². The number of carbonyl (C=O) groups excluding carboxylic acids is 1. The van der Waals surface area contributed by atoms with E-state index in [4.69, 9.17) is 16.3 Å². The van der Waals surface area contributed by atoms with Crippen molar-refractivity contribution in [3.8, 4) is 0 Å². The van der Waals surface area contributed by atoms with E-state index < -0.39 is 17.7 Å². The number of carboxylic acids is 1. The van der Waals surface area contributed by atoms with Crippen LogP contribution in [0.15, 0.2) is 54.9 Å². The number of nitrogens with zero attached hydrogens (tertiary/aromatic N) is 3. The summed E-state index contributed by atoms with van der Waals surface area (Å²) in [6.45, 7) is 5.20. The molecule has 4 saturated carbocycles. The Kier molecular flexibility index (Phi) is 6.92. The second-order valence-electron chi connectivity index (χ2n) is 12.9. The molecule has 214 valence electrons. The van der Waals surface area contributed by atoms with Gasteiger partial charge in [-0.3, -0.25) is 0 Å². The Hall–Kier alpha value is -3.65. The number of para-hydroxylation sites is 1. The highest BCUT2D eigenvalue weighted by molar-refractivity contribution is 6.33. The van der Waals surface area contributed by atoms with Gasteiger partial charge in [0.25, 0.3) is 0 Å². The van der Waals surface area contributed by atoms with E-state index in [1.54, 1.807) is 32.9 Å². The van der Waals surface area contributed by atoms with Crippen LogP contribution in [0.4, 0.5) is 27.8 Å². The lowest BCUT2D eigenvalue weighted by molar-refractivity contribution is -0.00518. The van der Waals surface area contributed by atoms with Gasteiger partial charge >= 0.3 is 12.1 Å². The summed E-state index contributed by atoms with van der Waals surface area (Å²) < 4.78 is 5.56. The summed E-state index contributed by atoms with van der Waals surface area (Å²) >= 11 is 6.80. The van der Waals surface area contributed by atoms with E-state index in [9.17, 15) is 14.7 Å². The van der Waals surface area contributed by atoms with Crippen LogP contribution in [0.25, 0.3) is 0 Å². The predicted octanol–water partition coefficient (Wildman–Crippen LogP) is 8.11. The lowest BCUT2D eigenvalue weighted by atomic mass is 9.48. The Labute approximate surface area is 245 Å². The summed E-state index contributed by atoms with van der Waals surface area (Å²) in [5.41, 5.74) is 2.16. The molecule has 0 saturated heterocycles. The van der Waals surface area contributed by atoms with Gasteiger partial charge < -0.3 is 15.2 Å². The maximum absolute atomic E-state index is 13.2. The molecule has 41 heavy (non-hydrogen) atoms. The monoisotopic (exact) mass is 574 g/mol. The number of carboxylic acid groups (broad SMARTS) is 1. The van der Waals surface area contributed by atoms with Gasteiger partial charge in [-0.05, 0) is 112 Å². The van der Waals surface area contributed by atoms with E-state index >= 15 is 0 Å². The van der Waals surface area contributed by atoms with Crippen LogP contribution in [0.5, 0.6) is 0 Å². The van der Waals surface area contributed by atoms with Crippen molar-refractivity contribution in [2.75, 3.05) is 10.2 Å². The molecule has 0 spiro atoms. The maximum atomic E-state index is 13.2. The van der Waals surface area contributed by atoms with Crippen molar-refractivity contribution >= 4 is 46.7 Å². The molecule has 0 unspecified atom stereocenters. The number of anilines is 4. The Morgan fingerprint density at radius 2 is 1.61 bits per heavy atom. The number of halogens is 1. The van der Waals surface area contributed by atoms with Gasteiger partial charge in [0, 0.05) is 0 Å². The number of carbonyl (C=O) groups is 2. The molecular formula is C32H35ClN4O4. The zero-order valence-electron chi connectivity index (χ0n) is 23.6. The maximum Gasteiger partial charge on any atom is 0.421 e. The first-order chi connectivity index (χ1) is 19.5. The summed E-state index contributed by atoms with van der Waals surface area (Å²) in [7, 11) is 0. The zero-order chi connectivity index (χ0) is 28.9. The normalized spacial score (nSPS) is 24.6. The molecule has 9 heteroatoms. The molecule has 4 aliphatic carbocycles. The smallest absolute Gasteiger partial charge is 0.421 e. The van der Waals surface area contributed by atoms with Gasteiger partial charge in [0.1, 0.15) is 5.60 Å². The lowest BCUT2D eigenvalue weighted by Gasteiger charge is -2.57. The second kappa shape index (κ2) is 10.3. The fourth-order valence-electron chi connectivity index (χ4n) is 7.51. The van der Waals surface area contributed by atoms with Gasteiger partial charge in [0.05, 0.1) is 40.0 Å². The number of amides is 1. The van der Waals surface area contributed by atoms with Crippen molar-refractivity contribution < 1.29 is 19.4 Å². The minimum atomic E-state index is -1.18. The molecule has 4 fully saturated rings. The van der Waals surface area contributed by atoms with E-state index in [1.165, 1.54) is 68.6 Å². The van der Waals surface area contributed by atoms with Gasteiger partial charge in [0.15, 0.2) is 0 Å². The topological polar surface area (TPSA) is 105 Å². The van der Waals surface area contributed by atoms with Crippen molar-refractivity contribution in [2.24, 2.45) is 17.8 Å². The third kappa shape index (κ3) is 5.49. The summed E-state index contributed by atoms with van der Waals surface area (Å²) in [5, 5.41) is 13.7. The third-order valence-electron chi connectivity index (χ3n) is 8.69. The minimum Gasteiger partial charge on any atom is -0.478 e. The van der Waals surface area contributed by atoms with Crippen LogP contribution in [-0.2, 0) is 10.2 Å². The number of aromatic nitrogens is 2. The average molecular weight is 575 g/mol. The Bertz CT molecular complexity index is 1450. The molecular weight excluding hydrogens is 540 g/mol. The first-order valence-corrected chi connectivity index (χ1v) is 14.6. The summed E-state index contributed by atoms with van der Waals surface area (Å²) in [6.07, 6.45) is 10.3. The van der Waals surface area contributed by atoms with E-state index in [0.717, 1.165) is 28.3 Å². The van der Waals surface area contributed by atoms with Gasteiger partial charge in [-0.1, -0.05) is 29.8 Å². The number of benzene rings is 2. The third-order valence-corrected chi connectivity index (χ3v) is 9.00. The zero-order valence-corrected chi connectivity index (χ0v) is 24.3. The molecule has 0 aliphatic heterocycles. The van der Waals surface area contributed by atoms with Gasteiger partial charge in [-0.15, -0.1) is 0 Å². The lowest BCUT2D eigenvalue weighted by Crippen LogP contribution is -2.48. The van der Waals surface area contributed by atoms with Crippen molar-refractivity contribution in [3.63, 3.8) is 0 Å². The minimum absolute atomic E-state index is 0.0123. The molecule has 7 rings (SSSR count). The highest BCUT2D eigenvalue weighted by Crippen LogP contribution is 2.61. The van der Waals surface area contributed by atoms with E-state index in [0.29, 0.717) is 10.7 Å². The van der Waals surface area contributed by atoms with Gasteiger partial charge in [-0.25, -0.2) is 24.5 Å². The molecule has 2 N–H and O–H groups in total. The fraction of sp³-hybridized carbons (Fsp3) is 0.438. The fourth-order valence-corrected chi connectivity index (χ4v) is 7.74. The molecule has 1 aromatic heterocycles. The van der Waals surface area contributed by atoms with Crippen LogP contribution in [0.3, 0.4) is 0 Å². The van der Waals surface area contributed by atoms with Crippen LogP contribution in [-0.4, -0.2) is 32.7 Å². The molecule has 4 bridgehead atoms. The summed E-state index contributed by atoms with van der Waals surface area (Å²) in [5.74, 6) is 1.38. The molecule has 0 radical (unpaired) electrons. The largest absolute Gasteiger partial charge is 0.478 e. The molecule has 8 nitrogen and oxygen atoms in total. The van der Waals surface area contributed by atoms with Gasteiger partial charge in [0.2, 0.25) is 5.95 Å². The van der Waals surface area contributed by atoms with Crippen molar-refractivity contribution in [1.29, 1.82) is 0 Å². The average Bonchev–Trinajstić information content (AvgIpc) is 2.89. The number of aromatic carboxylic acids is 1. The molecule has 3 aromatic rings. The number of rotatable bonds is 6. The van der Waals surface area contributed by atoms with Crippen molar-refractivity contribution in [2.45, 2.75) is 70.3 Å². The molecule has 0 atom stereocenters. The highest BCUT2D eigenvalue weighted by atomic mass is 35.5. The highest BCUT2D eigenvalue weighted by Gasteiger charge is 2.51.